The second-order valence-electron chi connectivity index (χ2n) is 5.51. The number of carbonyl (C=O) groups excluding carboxylic acids is 1. The van der Waals surface area contributed by atoms with Crippen LogP contribution in [-0.4, -0.2) is 25.7 Å². The monoisotopic (exact) mass is 303 g/mol. The van der Waals surface area contributed by atoms with Crippen molar-refractivity contribution in [3.8, 4) is 0 Å². The van der Waals surface area contributed by atoms with E-state index in [4.69, 9.17) is 4.42 Å². The van der Waals surface area contributed by atoms with Crippen molar-refractivity contribution in [1.29, 1.82) is 0 Å². The van der Waals surface area contributed by atoms with Crippen molar-refractivity contribution < 1.29 is 9.21 Å². The van der Waals surface area contributed by atoms with Crippen LogP contribution < -0.4 is 5.32 Å². The highest BCUT2D eigenvalue weighted by atomic mass is 16.4. The van der Waals surface area contributed by atoms with Crippen molar-refractivity contribution in [1.82, 2.24) is 25.1 Å². The maximum absolute atomic E-state index is 12.4. The van der Waals surface area contributed by atoms with Gasteiger partial charge in [-0.05, 0) is 19.8 Å². The molecule has 3 heterocycles. The van der Waals surface area contributed by atoms with E-state index in [0.717, 1.165) is 37.5 Å². The van der Waals surface area contributed by atoms with Gasteiger partial charge in [-0.15, -0.1) is 0 Å². The predicted molar refractivity (Wildman–Crippen MR) is 79.5 cm³/mol. The van der Waals surface area contributed by atoms with Gasteiger partial charge >= 0.3 is 0 Å². The van der Waals surface area contributed by atoms with Crippen LogP contribution in [0, 0.1) is 6.92 Å². The van der Waals surface area contributed by atoms with E-state index in [1.54, 1.807) is 6.92 Å². The molecule has 1 N–H and O–H groups in total. The zero-order valence-electron chi connectivity index (χ0n) is 13.2. The first kappa shape index (κ1) is 14.7. The summed E-state index contributed by atoms with van der Waals surface area (Å²) in [6.07, 6.45) is 3.30. The standard InChI is InChI=1S/C15H21N5O2/c1-4-11-18-14-10(7-6-8-20(14)19-11)17-15(21)13-9(3)16-12(5-2)22-13/h10H,4-8H2,1-3H3,(H,17,21)/t10-/m0/s1. The molecule has 0 aliphatic carbocycles. The Morgan fingerprint density at radius 3 is 2.86 bits per heavy atom. The quantitative estimate of drug-likeness (QED) is 0.933. The van der Waals surface area contributed by atoms with Crippen molar-refractivity contribution in [3.63, 3.8) is 0 Å². The average Bonchev–Trinajstić information content (AvgIpc) is 3.10. The SMILES string of the molecule is CCc1nc2n(n1)CCC[C@@H]2NC(=O)c1oc(CC)nc1C. The molecule has 22 heavy (non-hydrogen) atoms. The Hall–Kier alpha value is -2.18. The first-order valence-corrected chi connectivity index (χ1v) is 7.83. The molecule has 0 spiro atoms. The third kappa shape index (κ3) is 2.63. The molecule has 0 unspecified atom stereocenters. The van der Waals surface area contributed by atoms with Crippen molar-refractivity contribution in [2.24, 2.45) is 0 Å². The Kier molecular flexibility index (Phi) is 3.96. The molecule has 1 atom stereocenters. The van der Waals surface area contributed by atoms with Crippen LogP contribution in [0.1, 0.15) is 66.5 Å². The Morgan fingerprint density at radius 1 is 1.36 bits per heavy atom. The van der Waals surface area contributed by atoms with Crippen molar-refractivity contribution >= 4 is 5.91 Å². The first-order valence-electron chi connectivity index (χ1n) is 7.83. The lowest BCUT2D eigenvalue weighted by molar-refractivity contribution is 0.0896. The third-order valence-corrected chi connectivity index (χ3v) is 3.89. The number of hydrogen-bond donors (Lipinski definition) is 1. The molecule has 0 aromatic carbocycles. The highest BCUT2D eigenvalue weighted by Gasteiger charge is 2.27. The van der Waals surface area contributed by atoms with Gasteiger partial charge in [0.15, 0.2) is 11.7 Å². The fourth-order valence-corrected chi connectivity index (χ4v) is 2.72. The van der Waals surface area contributed by atoms with E-state index in [9.17, 15) is 4.79 Å². The first-order chi connectivity index (χ1) is 10.6. The van der Waals surface area contributed by atoms with E-state index < -0.39 is 0 Å². The molecule has 0 radical (unpaired) electrons. The average molecular weight is 303 g/mol. The Morgan fingerprint density at radius 2 is 2.18 bits per heavy atom. The number of hydrogen-bond acceptors (Lipinski definition) is 5. The van der Waals surface area contributed by atoms with Gasteiger partial charge in [0.1, 0.15) is 5.82 Å². The van der Waals surface area contributed by atoms with Gasteiger partial charge in [0, 0.05) is 19.4 Å². The van der Waals surface area contributed by atoms with Gasteiger partial charge in [0.2, 0.25) is 5.76 Å². The zero-order chi connectivity index (χ0) is 15.7. The number of rotatable bonds is 4. The molecule has 0 saturated carbocycles. The van der Waals surface area contributed by atoms with Gasteiger partial charge in [-0.2, -0.15) is 5.10 Å². The van der Waals surface area contributed by atoms with Crippen LogP contribution in [0.2, 0.25) is 0 Å². The zero-order valence-corrected chi connectivity index (χ0v) is 13.2. The van der Waals surface area contributed by atoms with E-state index in [1.165, 1.54) is 0 Å². The van der Waals surface area contributed by atoms with Crippen LogP contribution >= 0.6 is 0 Å². The normalized spacial score (nSPS) is 17.3. The molecule has 3 rings (SSSR count). The number of nitrogens with zero attached hydrogens (tertiary/aromatic N) is 4. The molecule has 1 aliphatic heterocycles. The highest BCUT2D eigenvalue weighted by Crippen LogP contribution is 2.24. The molecule has 0 bridgehead atoms. The summed E-state index contributed by atoms with van der Waals surface area (Å²) in [5, 5.41) is 7.46. The number of oxazole rings is 1. The molecular weight excluding hydrogens is 282 g/mol. The number of aryl methyl sites for hydroxylation is 4. The maximum atomic E-state index is 12.4. The molecule has 1 amide bonds. The minimum absolute atomic E-state index is 0.122. The fourth-order valence-electron chi connectivity index (χ4n) is 2.72. The van der Waals surface area contributed by atoms with Gasteiger partial charge in [-0.3, -0.25) is 4.79 Å². The van der Waals surface area contributed by atoms with E-state index in [-0.39, 0.29) is 11.9 Å². The second kappa shape index (κ2) is 5.90. The summed E-state index contributed by atoms with van der Waals surface area (Å²) in [6.45, 7) is 6.62. The fraction of sp³-hybridized carbons (Fsp3) is 0.600. The minimum Gasteiger partial charge on any atom is -0.435 e. The summed E-state index contributed by atoms with van der Waals surface area (Å²) in [4.78, 5) is 21.2. The van der Waals surface area contributed by atoms with E-state index in [0.29, 0.717) is 23.8 Å². The summed E-state index contributed by atoms with van der Waals surface area (Å²) < 4.78 is 7.42. The third-order valence-electron chi connectivity index (χ3n) is 3.89. The van der Waals surface area contributed by atoms with Gasteiger partial charge < -0.3 is 9.73 Å². The summed E-state index contributed by atoms with van der Waals surface area (Å²) >= 11 is 0. The molecule has 0 fully saturated rings. The van der Waals surface area contributed by atoms with E-state index in [2.05, 4.69) is 20.4 Å². The molecule has 0 saturated heterocycles. The number of fused-ring (bicyclic) bond motifs is 1. The molecular formula is C15H21N5O2. The summed E-state index contributed by atoms with van der Waals surface area (Å²) in [6, 6.07) is -0.122. The van der Waals surface area contributed by atoms with Crippen LogP contribution in [0.25, 0.3) is 0 Å². The highest BCUT2D eigenvalue weighted by molar-refractivity contribution is 5.92. The largest absolute Gasteiger partial charge is 0.435 e. The lowest BCUT2D eigenvalue weighted by atomic mass is 10.1. The second-order valence-corrected chi connectivity index (χ2v) is 5.51. The Labute approximate surface area is 129 Å². The summed E-state index contributed by atoms with van der Waals surface area (Å²) in [5.41, 5.74) is 0.626. The van der Waals surface area contributed by atoms with E-state index >= 15 is 0 Å². The van der Waals surface area contributed by atoms with Gasteiger partial charge in [0.25, 0.3) is 5.91 Å². The maximum Gasteiger partial charge on any atom is 0.289 e. The van der Waals surface area contributed by atoms with Crippen molar-refractivity contribution in [3.05, 3.63) is 29.0 Å². The summed E-state index contributed by atoms with van der Waals surface area (Å²) in [5.74, 6) is 2.31. The van der Waals surface area contributed by atoms with Crippen molar-refractivity contribution in [2.45, 2.75) is 59.0 Å². The smallest absolute Gasteiger partial charge is 0.289 e. The molecule has 2 aromatic heterocycles. The molecule has 1 aliphatic rings. The van der Waals surface area contributed by atoms with Crippen LogP contribution in [0.15, 0.2) is 4.42 Å². The minimum atomic E-state index is -0.232. The van der Waals surface area contributed by atoms with Crippen LogP contribution in [0.4, 0.5) is 0 Å². The number of amides is 1. The van der Waals surface area contributed by atoms with Crippen LogP contribution in [-0.2, 0) is 19.4 Å². The van der Waals surface area contributed by atoms with Crippen LogP contribution in [0.3, 0.4) is 0 Å². The van der Waals surface area contributed by atoms with Crippen molar-refractivity contribution in [2.75, 3.05) is 0 Å². The number of carbonyl (C=O) groups is 1. The Balaban J connectivity index is 1.80. The molecule has 7 heteroatoms. The van der Waals surface area contributed by atoms with Crippen LogP contribution in [0.5, 0.6) is 0 Å². The topological polar surface area (TPSA) is 85.8 Å². The molecule has 118 valence electrons. The number of nitrogens with one attached hydrogen (secondary N) is 1. The van der Waals surface area contributed by atoms with Gasteiger partial charge in [-0.1, -0.05) is 13.8 Å². The number of aromatic nitrogens is 4. The van der Waals surface area contributed by atoms with Gasteiger partial charge in [-0.25, -0.2) is 14.6 Å². The lowest BCUT2D eigenvalue weighted by Crippen LogP contribution is -2.33. The summed E-state index contributed by atoms with van der Waals surface area (Å²) in [7, 11) is 0. The van der Waals surface area contributed by atoms with E-state index in [1.807, 2.05) is 18.5 Å². The molecule has 7 nitrogen and oxygen atoms in total. The Bertz CT molecular complexity index is 688. The predicted octanol–water partition coefficient (Wildman–Crippen LogP) is 1.96. The van der Waals surface area contributed by atoms with Gasteiger partial charge in [0.05, 0.1) is 11.7 Å². The lowest BCUT2D eigenvalue weighted by Gasteiger charge is -2.22. The molecule has 2 aromatic rings.